The van der Waals surface area contributed by atoms with Gasteiger partial charge in [-0.3, -0.25) is 14.9 Å². The fourth-order valence-electron chi connectivity index (χ4n) is 2.02. The average Bonchev–Trinajstić information content (AvgIpc) is 2.62. The van der Waals surface area contributed by atoms with Gasteiger partial charge in [0.25, 0.3) is 5.69 Å². The number of rotatable bonds is 9. The number of aldehydes is 1. The Hall–Kier alpha value is -2.80. The van der Waals surface area contributed by atoms with Gasteiger partial charge in [0.2, 0.25) is 0 Å². The number of carbonyl (C=O) groups is 1. The molecule has 0 heterocycles. The van der Waals surface area contributed by atoms with Crippen molar-refractivity contribution in [3.8, 4) is 17.2 Å². The second kappa shape index (κ2) is 8.89. The van der Waals surface area contributed by atoms with Crippen LogP contribution in [0.15, 0.2) is 36.4 Å². The van der Waals surface area contributed by atoms with E-state index in [1.165, 1.54) is 25.3 Å². The Kier molecular flexibility index (Phi) is 6.59. The van der Waals surface area contributed by atoms with Gasteiger partial charge in [-0.15, -0.1) is 0 Å². The SMILES string of the molecule is COc1cc(C=O)ccc1OCCCOc1ccc([N+](=O)[O-])cc1Cl. The minimum Gasteiger partial charge on any atom is -0.493 e. The molecule has 0 unspecified atom stereocenters. The third kappa shape index (κ3) is 5.09. The lowest BCUT2D eigenvalue weighted by Gasteiger charge is -2.12. The van der Waals surface area contributed by atoms with Crippen molar-refractivity contribution in [1.29, 1.82) is 0 Å². The molecule has 0 N–H and O–H groups in total. The molecule has 0 aliphatic carbocycles. The Morgan fingerprint density at radius 2 is 1.76 bits per heavy atom. The molecule has 2 aromatic rings. The minimum atomic E-state index is -0.521. The molecule has 0 spiro atoms. The lowest BCUT2D eigenvalue weighted by Crippen LogP contribution is -2.06. The van der Waals surface area contributed by atoms with Gasteiger partial charge in [0.1, 0.15) is 12.0 Å². The van der Waals surface area contributed by atoms with Crippen LogP contribution in [0.1, 0.15) is 16.8 Å². The van der Waals surface area contributed by atoms with Crippen LogP contribution in [-0.4, -0.2) is 31.5 Å². The first-order valence-electron chi connectivity index (χ1n) is 7.38. The zero-order valence-electron chi connectivity index (χ0n) is 13.4. The van der Waals surface area contributed by atoms with Crippen molar-refractivity contribution >= 4 is 23.6 Å². The third-order valence-electron chi connectivity index (χ3n) is 3.25. The average molecular weight is 366 g/mol. The quantitative estimate of drug-likeness (QED) is 0.289. The summed E-state index contributed by atoms with van der Waals surface area (Å²) in [5.41, 5.74) is 0.409. The highest BCUT2D eigenvalue weighted by molar-refractivity contribution is 6.32. The number of nitro benzene ring substituents is 1. The predicted molar refractivity (Wildman–Crippen MR) is 92.1 cm³/mol. The molecule has 0 radical (unpaired) electrons. The summed E-state index contributed by atoms with van der Waals surface area (Å²) >= 11 is 5.94. The molecule has 7 nitrogen and oxygen atoms in total. The molecule has 0 aliphatic rings. The molecular formula is C17H16ClNO6. The summed E-state index contributed by atoms with van der Waals surface area (Å²) in [6.45, 7) is 0.688. The number of methoxy groups -OCH3 is 1. The normalized spacial score (nSPS) is 10.2. The molecule has 0 atom stereocenters. The number of ether oxygens (including phenoxy) is 3. The number of benzene rings is 2. The molecular weight excluding hydrogens is 350 g/mol. The lowest BCUT2D eigenvalue weighted by atomic mass is 10.2. The Balaban J connectivity index is 1.82. The van der Waals surface area contributed by atoms with Crippen LogP contribution in [0.5, 0.6) is 17.2 Å². The van der Waals surface area contributed by atoms with Crippen LogP contribution >= 0.6 is 11.6 Å². The van der Waals surface area contributed by atoms with Crippen LogP contribution in [-0.2, 0) is 0 Å². The maximum Gasteiger partial charge on any atom is 0.271 e. The van der Waals surface area contributed by atoms with E-state index >= 15 is 0 Å². The van der Waals surface area contributed by atoms with Crippen molar-refractivity contribution in [2.75, 3.05) is 20.3 Å². The Bertz CT molecular complexity index is 765. The van der Waals surface area contributed by atoms with Crippen molar-refractivity contribution in [2.24, 2.45) is 0 Å². The van der Waals surface area contributed by atoms with E-state index in [0.29, 0.717) is 42.4 Å². The fourth-order valence-corrected chi connectivity index (χ4v) is 2.25. The maximum absolute atomic E-state index is 10.7. The molecule has 0 aliphatic heterocycles. The number of halogens is 1. The predicted octanol–water partition coefficient (Wildman–Crippen LogP) is 3.92. The van der Waals surface area contributed by atoms with E-state index in [1.807, 2.05) is 0 Å². The first-order valence-corrected chi connectivity index (χ1v) is 7.75. The summed E-state index contributed by atoms with van der Waals surface area (Å²) in [6, 6.07) is 8.93. The van der Waals surface area contributed by atoms with Crippen LogP contribution in [0.3, 0.4) is 0 Å². The zero-order valence-corrected chi connectivity index (χ0v) is 14.2. The molecule has 0 aromatic heterocycles. The van der Waals surface area contributed by atoms with Gasteiger partial charge in [-0.25, -0.2) is 0 Å². The van der Waals surface area contributed by atoms with Crippen molar-refractivity contribution in [2.45, 2.75) is 6.42 Å². The molecule has 2 aromatic carbocycles. The fraction of sp³-hybridized carbons (Fsp3) is 0.235. The molecule has 0 fully saturated rings. The largest absolute Gasteiger partial charge is 0.493 e. The molecule has 0 saturated heterocycles. The topological polar surface area (TPSA) is 87.9 Å². The summed E-state index contributed by atoms with van der Waals surface area (Å²) in [4.78, 5) is 20.9. The second-order valence-electron chi connectivity index (χ2n) is 4.95. The van der Waals surface area contributed by atoms with Gasteiger partial charge in [-0.1, -0.05) is 11.6 Å². The van der Waals surface area contributed by atoms with Crippen LogP contribution < -0.4 is 14.2 Å². The van der Waals surface area contributed by atoms with Crippen molar-refractivity contribution in [3.63, 3.8) is 0 Å². The van der Waals surface area contributed by atoms with Crippen LogP contribution in [0, 0.1) is 10.1 Å². The number of nitrogens with zero attached hydrogens (tertiary/aromatic N) is 1. The van der Waals surface area contributed by atoms with Crippen molar-refractivity contribution < 1.29 is 23.9 Å². The third-order valence-corrected chi connectivity index (χ3v) is 3.55. The van der Waals surface area contributed by atoms with Gasteiger partial charge in [-0.2, -0.15) is 0 Å². The molecule has 8 heteroatoms. The summed E-state index contributed by atoms with van der Waals surface area (Å²) in [7, 11) is 1.50. The molecule has 132 valence electrons. The lowest BCUT2D eigenvalue weighted by molar-refractivity contribution is -0.384. The van der Waals surface area contributed by atoms with Crippen LogP contribution in [0.4, 0.5) is 5.69 Å². The van der Waals surface area contributed by atoms with Crippen molar-refractivity contribution in [3.05, 3.63) is 57.1 Å². The van der Waals surface area contributed by atoms with Gasteiger partial charge in [0, 0.05) is 24.1 Å². The number of carbonyl (C=O) groups excluding carboxylic acids is 1. The van der Waals surface area contributed by atoms with Gasteiger partial charge in [0.15, 0.2) is 11.5 Å². The van der Waals surface area contributed by atoms with Gasteiger partial charge >= 0.3 is 0 Å². The monoisotopic (exact) mass is 365 g/mol. The molecule has 25 heavy (non-hydrogen) atoms. The Morgan fingerprint density at radius 3 is 2.36 bits per heavy atom. The van der Waals surface area contributed by atoms with Gasteiger partial charge in [0.05, 0.1) is 30.3 Å². The maximum atomic E-state index is 10.7. The second-order valence-corrected chi connectivity index (χ2v) is 5.36. The summed E-state index contributed by atoms with van der Waals surface area (Å²) in [6.07, 6.45) is 1.29. The number of hydrogen-bond donors (Lipinski definition) is 0. The highest BCUT2D eigenvalue weighted by Gasteiger charge is 2.10. The van der Waals surface area contributed by atoms with E-state index in [9.17, 15) is 14.9 Å². The standard InChI is InChI=1S/C17H16ClNO6/c1-23-17-9-12(11-20)3-5-16(17)25-8-2-7-24-15-6-4-13(19(21)22)10-14(15)18/h3-6,9-11H,2,7-8H2,1H3. The molecule has 0 amide bonds. The smallest absolute Gasteiger partial charge is 0.271 e. The van der Waals surface area contributed by atoms with E-state index in [2.05, 4.69) is 0 Å². The number of non-ortho nitro benzene ring substituents is 1. The van der Waals surface area contributed by atoms with E-state index in [1.54, 1.807) is 18.2 Å². The Labute approximate surface area is 149 Å². The van der Waals surface area contributed by atoms with Crippen LogP contribution in [0.25, 0.3) is 0 Å². The van der Waals surface area contributed by atoms with E-state index < -0.39 is 4.92 Å². The van der Waals surface area contributed by atoms with Gasteiger partial charge < -0.3 is 14.2 Å². The first-order chi connectivity index (χ1) is 12.0. The molecule has 2 rings (SSSR count). The first kappa shape index (κ1) is 18.5. The summed E-state index contributed by atoms with van der Waals surface area (Å²) in [5.74, 6) is 1.38. The highest BCUT2D eigenvalue weighted by atomic mass is 35.5. The van der Waals surface area contributed by atoms with E-state index in [4.69, 9.17) is 25.8 Å². The number of nitro groups is 1. The van der Waals surface area contributed by atoms with Crippen molar-refractivity contribution in [1.82, 2.24) is 0 Å². The molecule has 0 bridgehead atoms. The highest BCUT2D eigenvalue weighted by Crippen LogP contribution is 2.29. The van der Waals surface area contributed by atoms with E-state index in [-0.39, 0.29) is 10.7 Å². The van der Waals surface area contributed by atoms with E-state index in [0.717, 1.165) is 6.29 Å². The van der Waals surface area contributed by atoms with Crippen LogP contribution in [0.2, 0.25) is 5.02 Å². The minimum absolute atomic E-state index is 0.0912. The number of hydrogen-bond acceptors (Lipinski definition) is 6. The summed E-state index contributed by atoms with van der Waals surface area (Å²) < 4.78 is 16.3. The van der Waals surface area contributed by atoms with Gasteiger partial charge in [-0.05, 0) is 24.3 Å². The molecule has 0 saturated carbocycles. The Morgan fingerprint density at radius 1 is 1.08 bits per heavy atom. The summed E-state index contributed by atoms with van der Waals surface area (Å²) in [5, 5.41) is 10.8. The zero-order chi connectivity index (χ0) is 18.2.